The number of aryl methyl sites for hydroxylation is 1. The summed E-state index contributed by atoms with van der Waals surface area (Å²) in [6.45, 7) is 4.95. The highest BCUT2D eigenvalue weighted by atomic mass is 16.5. The first kappa shape index (κ1) is 13.1. The number of nitrogens with one attached hydrogen (secondary N) is 1. The first-order chi connectivity index (χ1) is 9.33. The Kier molecular flexibility index (Phi) is 4.19. The fourth-order valence-electron chi connectivity index (χ4n) is 2.58. The summed E-state index contributed by atoms with van der Waals surface area (Å²) in [6, 6.07) is 9.52. The third kappa shape index (κ3) is 4.05. The van der Waals surface area contributed by atoms with Crippen LogP contribution in [0, 0.1) is 18.8 Å². The van der Waals surface area contributed by atoms with Crippen LogP contribution in [0.4, 0.5) is 0 Å². The van der Waals surface area contributed by atoms with Crippen LogP contribution in [0.15, 0.2) is 24.3 Å². The maximum atomic E-state index is 5.70. The highest BCUT2D eigenvalue weighted by Gasteiger charge is 2.31. The van der Waals surface area contributed by atoms with E-state index < -0.39 is 0 Å². The topological polar surface area (TPSA) is 21.3 Å². The van der Waals surface area contributed by atoms with Crippen LogP contribution in [0.5, 0.6) is 0 Å². The molecule has 19 heavy (non-hydrogen) atoms. The normalized spacial score (nSPS) is 20.5. The minimum atomic E-state index is 0.533. The van der Waals surface area contributed by atoms with E-state index in [2.05, 4.69) is 36.5 Å². The summed E-state index contributed by atoms with van der Waals surface area (Å²) in [5.41, 5.74) is 2.78. The van der Waals surface area contributed by atoms with Gasteiger partial charge in [-0.05, 0) is 50.0 Å². The maximum absolute atomic E-state index is 5.70. The number of ether oxygens (including phenoxy) is 1. The lowest BCUT2D eigenvalue weighted by atomic mass is 10.0. The molecule has 0 aliphatic heterocycles. The Balaban J connectivity index is 1.45. The van der Waals surface area contributed by atoms with Crippen molar-refractivity contribution in [3.05, 3.63) is 35.4 Å². The van der Waals surface area contributed by atoms with Crippen LogP contribution in [0.1, 0.15) is 42.9 Å². The third-order valence-corrected chi connectivity index (χ3v) is 4.19. The summed E-state index contributed by atoms with van der Waals surface area (Å²) in [6.07, 6.45) is 5.49. The van der Waals surface area contributed by atoms with Crippen LogP contribution in [-0.2, 0) is 4.74 Å². The summed E-state index contributed by atoms with van der Waals surface area (Å²) in [4.78, 5) is 0. The Bertz CT molecular complexity index is 392. The van der Waals surface area contributed by atoms with Crippen LogP contribution < -0.4 is 5.32 Å². The molecule has 3 rings (SSSR count). The molecule has 1 atom stereocenters. The molecule has 2 aliphatic rings. The molecule has 1 N–H and O–H groups in total. The first-order valence-electron chi connectivity index (χ1n) is 7.70. The Morgan fingerprint density at radius 2 is 1.89 bits per heavy atom. The van der Waals surface area contributed by atoms with Crippen LogP contribution in [0.3, 0.4) is 0 Å². The molecule has 1 unspecified atom stereocenters. The van der Waals surface area contributed by atoms with Crippen molar-refractivity contribution in [1.29, 1.82) is 0 Å². The van der Waals surface area contributed by atoms with Gasteiger partial charge >= 0.3 is 0 Å². The van der Waals surface area contributed by atoms with Crippen molar-refractivity contribution >= 4 is 0 Å². The lowest BCUT2D eigenvalue weighted by Crippen LogP contribution is -2.27. The highest BCUT2D eigenvalue weighted by molar-refractivity contribution is 5.25. The van der Waals surface area contributed by atoms with Crippen LogP contribution in [0.2, 0.25) is 0 Å². The van der Waals surface area contributed by atoms with E-state index in [1.807, 2.05) is 0 Å². The van der Waals surface area contributed by atoms with E-state index in [0.29, 0.717) is 6.04 Å². The van der Waals surface area contributed by atoms with Gasteiger partial charge in [0.15, 0.2) is 0 Å². The van der Waals surface area contributed by atoms with Crippen molar-refractivity contribution in [3.63, 3.8) is 0 Å². The molecule has 0 aromatic heterocycles. The van der Waals surface area contributed by atoms with Crippen molar-refractivity contribution in [3.8, 4) is 0 Å². The second-order valence-electron chi connectivity index (χ2n) is 6.20. The average Bonchev–Trinajstić information content (AvgIpc) is 3.27. The molecular formula is C17H25NO. The molecule has 0 saturated heterocycles. The van der Waals surface area contributed by atoms with Gasteiger partial charge in [-0.25, -0.2) is 0 Å². The molecule has 104 valence electrons. The van der Waals surface area contributed by atoms with Gasteiger partial charge in [0.25, 0.3) is 0 Å². The second kappa shape index (κ2) is 6.06. The molecule has 2 fully saturated rings. The van der Waals surface area contributed by atoms with Crippen molar-refractivity contribution in [2.24, 2.45) is 11.8 Å². The van der Waals surface area contributed by atoms with E-state index >= 15 is 0 Å². The lowest BCUT2D eigenvalue weighted by molar-refractivity contribution is 0.123. The number of benzene rings is 1. The first-order valence-corrected chi connectivity index (χ1v) is 7.70. The van der Waals surface area contributed by atoms with Gasteiger partial charge in [-0.15, -0.1) is 0 Å². The van der Waals surface area contributed by atoms with E-state index in [1.54, 1.807) is 0 Å². The third-order valence-electron chi connectivity index (χ3n) is 4.19. The van der Waals surface area contributed by atoms with Gasteiger partial charge in [0.2, 0.25) is 0 Å². The molecule has 0 spiro atoms. The van der Waals surface area contributed by atoms with E-state index in [1.165, 1.54) is 36.8 Å². The molecule has 1 aromatic carbocycles. The minimum Gasteiger partial charge on any atom is -0.380 e. The fourth-order valence-corrected chi connectivity index (χ4v) is 2.58. The zero-order valence-corrected chi connectivity index (χ0v) is 11.9. The van der Waals surface area contributed by atoms with E-state index in [9.17, 15) is 0 Å². The van der Waals surface area contributed by atoms with Crippen LogP contribution in [-0.4, -0.2) is 19.8 Å². The fraction of sp³-hybridized carbons (Fsp3) is 0.647. The molecule has 0 heterocycles. The second-order valence-corrected chi connectivity index (χ2v) is 6.20. The zero-order chi connectivity index (χ0) is 13.1. The Morgan fingerprint density at radius 1 is 1.16 bits per heavy atom. The predicted molar refractivity (Wildman–Crippen MR) is 78.2 cm³/mol. The maximum Gasteiger partial charge on any atom is 0.0591 e. The Hall–Kier alpha value is -0.860. The predicted octanol–water partition coefficient (Wildman–Crippen LogP) is 3.46. The number of rotatable bonds is 8. The van der Waals surface area contributed by atoms with Crippen molar-refractivity contribution in [1.82, 2.24) is 5.32 Å². The quantitative estimate of drug-likeness (QED) is 0.722. The lowest BCUT2D eigenvalue weighted by Gasteiger charge is -2.19. The molecule has 1 aromatic rings. The highest BCUT2D eigenvalue weighted by Crippen LogP contribution is 2.40. The van der Waals surface area contributed by atoms with E-state index in [0.717, 1.165) is 31.6 Å². The Morgan fingerprint density at radius 3 is 2.53 bits per heavy atom. The number of hydrogen-bond donors (Lipinski definition) is 1. The Labute approximate surface area is 116 Å². The molecular weight excluding hydrogens is 234 g/mol. The molecule has 2 heteroatoms. The largest absolute Gasteiger partial charge is 0.380 e. The molecule has 0 bridgehead atoms. The molecule has 0 amide bonds. The standard InChI is InChI=1S/C17H25NO/c1-13-2-6-15(7-3-13)17(16-8-9-16)18-10-11-19-12-14-4-5-14/h2-3,6-7,14,16-18H,4-5,8-12H2,1H3. The van der Waals surface area contributed by atoms with Gasteiger partial charge in [-0.3, -0.25) is 0 Å². The van der Waals surface area contributed by atoms with Gasteiger partial charge in [-0.1, -0.05) is 29.8 Å². The minimum absolute atomic E-state index is 0.533. The van der Waals surface area contributed by atoms with Crippen molar-refractivity contribution < 1.29 is 4.74 Å². The van der Waals surface area contributed by atoms with Crippen LogP contribution >= 0.6 is 0 Å². The smallest absolute Gasteiger partial charge is 0.0591 e. The average molecular weight is 259 g/mol. The summed E-state index contributed by atoms with van der Waals surface area (Å²) in [7, 11) is 0. The van der Waals surface area contributed by atoms with Gasteiger partial charge in [-0.2, -0.15) is 0 Å². The molecule has 0 radical (unpaired) electrons. The summed E-state index contributed by atoms with van der Waals surface area (Å²) in [5, 5.41) is 3.69. The van der Waals surface area contributed by atoms with Gasteiger partial charge in [0.1, 0.15) is 0 Å². The van der Waals surface area contributed by atoms with E-state index in [4.69, 9.17) is 4.74 Å². The summed E-state index contributed by atoms with van der Waals surface area (Å²) >= 11 is 0. The van der Waals surface area contributed by atoms with Gasteiger partial charge in [0.05, 0.1) is 6.61 Å². The van der Waals surface area contributed by atoms with Crippen LogP contribution in [0.25, 0.3) is 0 Å². The molecule has 2 aliphatic carbocycles. The zero-order valence-electron chi connectivity index (χ0n) is 11.9. The SMILES string of the molecule is Cc1ccc(C(NCCOCC2CC2)C2CC2)cc1. The number of hydrogen-bond acceptors (Lipinski definition) is 2. The summed E-state index contributed by atoms with van der Waals surface area (Å²) in [5.74, 6) is 1.71. The van der Waals surface area contributed by atoms with Gasteiger partial charge in [0, 0.05) is 19.2 Å². The van der Waals surface area contributed by atoms with E-state index in [-0.39, 0.29) is 0 Å². The van der Waals surface area contributed by atoms with Crippen molar-refractivity contribution in [2.75, 3.05) is 19.8 Å². The van der Waals surface area contributed by atoms with Gasteiger partial charge < -0.3 is 10.1 Å². The summed E-state index contributed by atoms with van der Waals surface area (Å²) < 4.78 is 5.70. The molecule has 2 saturated carbocycles. The molecule has 2 nitrogen and oxygen atoms in total. The van der Waals surface area contributed by atoms with Crippen molar-refractivity contribution in [2.45, 2.75) is 38.6 Å². The monoisotopic (exact) mass is 259 g/mol.